The predicted octanol–water partition coefficient (Wildman–Crippen LogP) is 0.423. The molecule has 1 atom stereocenters. The van der Waals surface area contributed by atoms with Crippen LogP contribution >= 0.6 is 0 Å². The van der Waals surface area contributed by atoms with Crippen molar-refractivity contribution in [2.45, 2.75) is 19.4 Å². The van der Waals surface area contributed by atoms with Gasteiger partial charge in [-0.15, -0.1) is 0 Å². The summed E-state index contributed by atoms with van der Waals surface area (Å²) in [5.74, 6) is 5.49. The summed E-state index contributed by atoms with van der Waals surface area (Å²) in [6, 6.07) is 0.0432. The van der Waals surface area contributed by atoms with Crippen LogP contribution in [0, 0.1) is 10.1 Å². The molecule has 0 saturated heterocycles. The van der Waals surface area contributed by atoms with E-state index in [0.717, 1.165) is 19.2 Å². The maximum Gasteiger partial charge on any atom is 0.329 e. The van der Waals surface area contributed by atoms with E-state index in [-0.39, 0.29) is 23.5 Å². The monoisotopic (exact) mass is 269 g/mol. The van der Waals surface area contributed by atoms with Crippen LogP contribution in [0.25, 0.3) is 0 Å². The van der Waals surface area contributed by atoms with Gasteiger partial charge in [-0.1, -0.05) is 0 Å². The number of nitrogens with zero attached hydrogens (tertiary/aromatic N) is 4. The quantitative estimate of drug-likeness (QED) is 0.370. The van der Waals surface area contributed by atoms with Crippen molar-refractivity contribution in [1.29, 1.82) is 0 Å². The van der Waals surface area contributed by atoms with Crippen LogP contribution in [0.2, 0.25) is 0 Å². The van der Waals surface area contributed by atoms with Gasteiger partial charge in [-0.05, 0) is 34.0 Å². The molecule has 0 aliphatic rings. The highest BCUT2D eigenvalue weighted by atomic mass is 16.6. The molecule has 1 rings (SSSR count). The fourth-order valence-electron chi connectivity index (χ4n) is 1.44. The van der Waals surface area contributed by atoms with E-state index >= 15 is 0 Å². The Hall–Kier alpha value is -2.00. The zero-order chi connectivity index (χ0) is 14.4. The number of nitrogen functional groups attached to an aromatic ring is 1. The first-order valence-corrected chi connectivity index (χ1v) is 5.83. The molecule has 0 spiro atoms. The van der Waals surface area contributed by atoms with Crippen LogP contribution in [-0.4, -0.2) is 46.5 Å². The average molecular weight is 269 g/mol. The third-order valence-corrected chi connectivity index (χ3v) is 2.49. The van der Waals surface area contributed by atoms with E-state index in [1.165, 1.54) is 0 Å². The molecule has 106 valence electrons. The molecule has 0 amide bonds. The molecule has 9 nitrogen and oxygen atoms in total. The molecule has 4 N–H and O–H groups in total. The Morgan fingerprint density at radius 2 is 2.26 bits per heavy atom. The third-order valence-electron chi connectivity index (χ3n) is 2.49. The van der Waals surface area contributed by atoms with Gasteiger partial charge in [0.2, 0.25) is 11.8 Å². The van der Waals surface area contributed by atoms with E-state index in [4.69, 9.17) is 5.84 Å². The molecule has 0 aromatic carbocycles. The van der Waals surface area contributed by atoms with Crippen molar-refractivity contribution in [1.82, 2.24) is 14.9 Å². The molecule has 1 aromatic rings. The number of nitrogens with one attached hydrogen (secondary N) is 2. The van der Waals surface area contributed by atoms with Gasteiger partial charge in [0, 0.05) is 6.04 Å². The topological polar surface area (TPSA) is 122 Å². The molecule has 0 aliphatic heterocycles. The minimum absolute atomic E-state index is 0.0432. The smallest absolute Gasteiger partial charge is 0.329 e. The van der Waals surface area contributed by atoms with E-state index in [9.17, 15) is 10.1 Å². The first-order valence-electron chi connectivity index (χ1n) is 5.83. The second kappa shape index (κ2) is 6.81. The van der Waals surface area contributed by atoms with Crippen molar-refractivity contribution < 1.29 is 4.92 Å². The van der Waals surface area contributed by atoms with E-state index in [1.54, 1.807) is 0 Å². The standard InChI is InChI=1S/C10H19N7O2/c1-7(4-5-16(2)3)13-9-8(17(18)19)6-12-10(14-9)15-11/h6-7H,4-5,11H2,1-3H3,(H2,12,13,14,15). The number of hydrogen-bond acceptors (Lipinski definition) is 8. The number of aromatic nitrogens is 2. The Bertz CT molecular complexity index is 438. The third kappa shape index (κ3) is 4.64. The number of hydrogen-bond donors (Lipinski definition) is 3. The molecular weight excluding hydrogens is 250 g/mol. The Morgan fingerprint density at radius 3 is 2.79 bits per heavy atom. The molecular formula is C10H19N7O2. The molecule has 0 bridgehead atoms. The van der Waals surface area contributed by atoms with Crippen molar-refractivity contribution >= 4 is 17.5 Å². The molecule has 0 radical (unpaired) electrons. The van der Waals surface area contributed by atoms with Crippen LogP contribution in [-0.2, 0) is 0 Å². The van der Waals surface area contributed by atoms with Gasteiger partial charge in [0.15, 0.2) is 0 Å². The maximum atomic E-state index is 10.9. The lowest BCUT2D eigenvalue weighted by Gasteiger charge is -2.17. The number of nitro groups is 1. The summed E-state index contributed by atoms with van der Waals surface area (Å²) in [5.41, 5.74) is 2.09. The zero-order valence-corrected chi connectivity index (χ0v) is 11.3. The molecule has 1 aromatic heterocycles. The Balaban J connectivity index is 2.82. The van der Waals surface area contributed by atoms with E-state index in [1.807, 2.05) is 25.9 Å². The Morgan fingerprint density at radius 1 is 1.58 bits per heavy atom. The maximum absolute atomic E-state index is 10.9. The first-order chi connectivity index (χ1) is 8.93. The van der Waals surface area contributed by atoms with Crippen LogP contribution < -0.4 is 16.6 Å². The molecule has 0 fully saturated rings. The number of rotatable bonds is 7. The predicted molar refractivity (Wildman–Crippen MR) is 72.8 cm³/mol. The van der Waals surface area contributed by atoms with Gasteiger partial charge in [0.25, 0.3) is 0 Å². The summed E-state index contributed by atoms with van der Waals surface area (Å²) in [4.78, 5) is 20.1. The summed E-state index contributed by atoms with van der Waals surface area (Å²) in [5, 5.41) is 13.9. The van der Waals surface area contributed by atoms with E-state index < -0.39 is 4.92 Å². The summed E-state index contributed by atoms with van der Waals surface area (Å²) >= 11 is 0. The Labute approximate surface area is 111 Å². The van der Waals surface area contributed by atoms with Gasteiger partial charge < -0.3 is 10.2 Å². The van der Waals surface area contributed by atoms with Gasteiger partial charge in [-0.25, -0.2) is 10.8 Å². The lowest BCUT2D eigenvalue weighted by Crippen LogP contribution is -2.24. The van der Waals surface area contributed by atoms with Gasteiger partial charge in [-0.3, -0.25) is 15.5 Å². The van der Waals surface area contributed by atoms with E-state index in [0.29, 0.717) is 0 Å². The second-order valence-corrected chi connectivity index (χ2v) is 4.47. The molecule has 0 saturated carbocycles. The van der Waals surface area contributed by atoms with Gasteiger partial charge in [0.1, 0.15) is 6.20 Å². The lowest BCUT2D eigenvalue weighted by molar-refractivity contribution is -0.384. The van der Waals surface area contributed by atoms with E-state index in [2.05, 4.69) is 20.7 Å². The molecule has 1 unspecified atom stereocenters. The zero-order valence-electron chi connectivity index (χ0n) is 11.3. The van der Waals surface area contributed by atoms with Gasteiger partial charge >= 0.3 is 5.69 Å². The van der Waals surface area contributed by atoms with Gasteiger partial charge in [0.05, 0.1) is 4.92 Å². The Kier molecular flexibility index (Phi) is 5.39. The first kappa shape index (κ1) is 15.1. The minimum Gasteiger partial charge on any atom is -0.362 e. The molecule has 9 heteroatoms. The number of nitrogens with two attached hydrogens (primary N) is 1. The highest BCUT2D eigenvalue weighted by Gasteiger charge is 2.18. The average Bonchev–Trinajstić information content (AvgIpc) is 2.35. The van der Waals surface area contributed by atoms with Crippen molar-refractivity contribution in [3.05, 3.63) is 16.3 Å². The summed E-state index contributed by atoms with van der Waals surface area (Å²) in [6.45, 7) is 2.81. The molecule has 19 heavy (non-hydrogen) atoms. The highest BCUT2D eigenvalue weighted by Crippen LogP contribution is 2.22. The van der Waals surface area contributed by atoms with Crippen LogP contribution in [0.5, 0.6) is 0 Å². The summed E-state index contributed by atoms with van der Waals surface area (Å²) in [7, 11) is 3.94. The summed E-state index contributed by atoms with van der Waals surface area (Å²) < 4.78 is 0. The molecule has 1 heterocycles. The summed E-state index contributed by atoms with van der Waals surface area (Å²) in [6.07, 6.45) is 1.96. The minimum atomic E-state index is -0.526. The van der Waals surface area contributed by atoms with Crippen LogP contribution in [0.3, 0.4) is 0 Å². The largest absolute Gasteiger partial charge is 0.362 e. The van der Waals surface area contributed by atoms with Crippen LogP contribution in [0.15, 0.2) is 6.20 Å². The van der Waals surface area contributed by atoms with Crippen molar-refractivity contribution in [3.8, 4) is 0 Å². The fourth-order valence-corrected chi connectivity index (χ4v) is 1.44. The van der Waals surface area contributed by atoms with Gasteiger partial charge in [-0.2, -0.15) is 4.98 Å². The van der Waals surface area contributed by atoms with Crippen molar-refractivity contribution in [3.63, 3.8) is 0 Å². The molecule has 0 aliphatic carbocycles. The van der Waals surface area contributed by atoms with Crippen LogP contribution in [0.1, 0.15) is 13.3 Å². The lowest BCUT2D eigenvalue weighted by atomic mass is 10.2. The van der Waals surface area contributed by atoms with Crippen LogP contribution in [0.4, 0.5) is 17.5 Å². The van der Waals surface area contributed by atoms with Crippen molar-refractivity contribution in [2.24, 2.45) is 5.84 Å². The highest BCUT2D eigenvalue weighted by molar-refractivity contribution is 5.57. The normalized spacial score (nSPS) is 12.3. The SMILES string of the molecule is CC(CCN(C)C)Nc1nc(NN)ncc1[N+](=O)[O-]. The fraction of sp³-hybridized carbons (Fsp3) is 0.600. The number of anilines is 2. The second-order valence-electron chi connectivity index (χ2n) is 4.47. The number of hydrazine groups is 1. The van der Waals surface area contributed by atoms with Crippen molar-refractivity contribution in [2.75, 3.05) is 31.4 Å².